The van der Waals surface area contributed by atoms with Crippen molar-refractivity contribution in [1.29, 1.82) is 0 Å². The maximum atomic E-state index is 13.1. The molecular weight excluding hydrogens is 453 g/mol. The molecule has 0 saturated carbocycles. The van der Waals surface area contributed by atoms with Crippen molar-refractivity contribution in [3.63, 3.8) is 0 Å². The van der Waals surface area contributed by atoms with Gasteiger partial charge < -0.3 is 5.32 Å². The smallest absolute Gasteiger partial charge is 0.347 e. The van der Waals surface area contributed by atoms with Crippen molar-refractivity contribution < 1.29 is 26.4 Å². The SMILES string of the molecule is CCCS(=O)(=O)N1C[C@@H](NC(=O)c2cccc(C(F)(F)F)c2Cl)[C@H](c2ccccc2)C1. The minimum atomic E-state index is -4.70. The van der Waals surface area contributed by atoms with E-state index in [1.807, 2.05) is 18.2 Å². The van der Waals surface area contributed by atoms with Gasteiger partial charge in [-0.15, -0.1) is 0 Å². The van der Waals surface area contributed by atoms with Gasteiger partial charge in [-0.05, 0) is 24.1 Å². The third-order valence-corrected chi connectivity index (χ3v) is 7.65. The second-order valence-corrected chi connectivity index (χ2v) is 9.86. The van der Waals surface area contributed by atoms with E-state index in [2.05, 4.69) is 5.32 Å². The summed E-state index contributed by atoms with van der Waals surface area (Å²) in [5, 5.41) is 2.03. The summed E-state index contributed by atoms with van der Waals surface area (Å²) >= 11 is 5.88. The second-order valence-electron chi connectivity index (χ2n) is 7.39. The van der Waals surface area contributed by atoms with E-state index in [1.54, 1.807) is 19.1 Å². The highest BCUT2D eigenvalue weighted by atomic mass is 35.5. The van der Waals surface area contributed by atoms with Crippen LogP contribution in [0.3, 0.4) is 0 Å². The number of hydrogen-bond acceptors (Lipinski definition) is 3. The number of nitrogens with zero attached hydrogens (tertiary/aromatic N) is 1. The van der Waals surface area contributed by atoms with E-state index < -0.39 is 38.7 Å². The molecule has 1 aliphatic rings. The van der Waals surface area contributed by atoms with Gasteiger partial charge in [0.2, 0.25) is 10.0 Å². The van der Waals surface area contributed by atoms with E-state index in [9.17, 15) is 26.4 Å². The van der Waals surface area contributed by atoms with Crippen LogP contribution in [0.1, 0.15) is 40.7 Å². The summed E-state index contributed by atoms with van der Waals surface area (Å²) in [6, 6.07) is 11.6. The zero-order chi connectivity index (χ0) is 22.8. The average Bonchev–Trinajstić information content (AvgIpc) is 3.12. The number of sulfonamides is 1. The number of halogens is 4. The van der Waals surface area contributed by atoms with Crippen molar-refractivity contribution in [3.8, 4) is 0 Å². The predicted molar refractivity (Wildman–Crippen MR) is 113 cm³/mol. The van der Waals surface area contributed by atoms with Crippen molar-refractivity contribution in [3.05, 3.63) is 70.2 Å². The summed E-state index contributed by atoms with van der Waals surface area (Å²) in [6.45, 7) is 1.97. The summed E-state index contributed by atoms with van der Waals surface area (Å²) in [4.78, 5) is 12.8. The van der Waals surface area contributed by atoms with Gasteiger partial charge >= 0.3 is 6.18 Å². The van der Waals surface area contributed by atoms with Crippen molar-refractivity contribution in [2.24, 2.45) is 0 Å². The maximum absolute atomic E-state index is 13.1. The molecule has 31 heavy (non-hydrogen) atoms. The van der Waals surface area contributed by atoms with Gasteiger partial charge in [0.1, 0.15) is 0 Å². The van der Waals surface area contributed by atoms with Crippen LogP contribution in [-0.2, 0) is 16.2 Å². The molecule has 5 nitrogen and oxygen atoms in total. The number of alkyl halides is 3. The Labute approximate surface area is 184 Å². The van der Waals surface area contributed by atoms with E-state index in [0.29, 0.717) is 6.42 Å². The van der Waals surface area contributed by atoms with Crippen molar-refractivity contribution in [2.75, 3.05) is 18.8 Å². The molecule has 0 radical (unpaired) electrons. The molecule has 168 valence electrons. The Morgan fingerprint density at radius 1 is 1.13 bits per heavy atom. The number of amides is 1. The third kappa shape index (κ3) is 5.22. The van der Waals surface area contributed by atoms with Crippen molar-refractivity contribution in [1.82, 2.24) is 9.62 Å². The Morgan fingerprint density at radius 2 is 1.81 bits per heavy atom. The van der Waals surface area contributed by atoms with Gasteiger partial charge in [-0.2, -0.15) is 17.5 Å². The minimum absolute atomic E-state index is 0.0192. The Hall–Kier alpha value is -2.10. The Balaban J connectivity index is 1.90. The molecule has 3 rings (SSSR count). The van der Waals surface area contributed by atoms with Crippen LogP contribution in [0.2, 0.25) is 5.02 Å². The number of hydrogen-bond donors (Lipinski definition) is 1. The van der Waals surface area contributed by atoms with Gasteiger partial charge in [0.15, 0.2) is 0 Å². The largest absolute Gasteiger partial charge is 0.417 e. The molecule has 1 amide bonds. The number of carbonyl (C=O) groups excluding carboxylic acids is 1. The molecule has 2 aromatic carbocycles. The first-order valence-electron chi connectivity index (χ1n) is 9.74. The van der Waals surface area contributed by atoms with Crippen LogP contribution in [0, 0.1) is 0 Å². The van der Waals surface area contributed by atoms with E-state index in [-0.39, 0.29) is 30.3 Å². The molecule has 1 heterocycles. The summed E-state index contributed by atoms with van der Waals surface area (Å²) in [5.41, 5.74) is -0.574. The van der Waals surface area contributed by atoms with Crippen molar-refractivity contribution >= 4 is 27.5 Å². The molecule has 10 heteroatoms. The predicted octanol–water partition coefficient (Wildman–Crippen LogP) is 4.30. The fourth-order valence-electron chi connectivity index (χ4n) is 3.74. The highest BCUT2D eigenvalue weighted by molar-refractivity contribution is 7.89. The molecule has 1 N–H and O–H groups in total. The van der Waals surface area contributed by atoms with Gasteiger partial charge in [-0.25, -0.2) is 8.42 Å². The first kappa shape index (κ1) is 23.6. The normalized spacial score (nSPS) is 20.0. The molecule has 1 saturated heterocycles. The summed E-state index contributed by atoms with van der Waals surface area (Å²) < 4.78 is 65.9. The minimum Gasteiger partial charge on any atom is -0.347 e. The lowest BCUT2D eigenvalue weighted by molar-refractivity contribution is -0.137. The molecule has 1 aliphatic heterocycles. The second kappa shape index (κ2) is 9.18. The number of nitrogens with one attached hydrogen (secondary N) is 1. The fraction of sp³-hybridized carbons (Fsp3) is 0.381. The molecule has 1 fully saturated rings. The highest BCUT2D eigenvalue weighted by Crippen LogP contribution is 2.36. The molecule has 0 aromatic heterocycles. The van der Waals surface area contributed by atoms with Gasteiger partial charge in [-0.1, -0.05) is 54.9 Å². The van der Waals surface area contributed by atoms with Crippen LogP contribution in [0.4, 0.5) is 13.2 Å². The average molecular weight is 475 g/mol. The van der Waals surface area contributed by atoms with Gasteiger partial charge in [0.25, 0.3) is 5.91 Å². The molecule has 2 aromatic rings. The van der Waals surface area contributed by atoms with E-state index in [4.69, 9.17) is 11.6 Å². The van der Waals surface area contributed by atoms with Gasteiger partial charge in [0.05, 0.1) is 27.9 Å². The van der Waals surface area contributed by atoms with Gasteiger partial charge in [0, 0.05) is 19.0 Å². The lowest BCUT2D eigenvalue weighted by atomic mass is 9.94. The monoisotopic (exact) mass is 474 g/mol. The zero-order valence-electron chi connectivity index (χ0n) is 16.7. The van der Waals surface area contributed by atoms with E-state index >= 15 is 0 Å². The molecule has 2 atom stereocenters. The fourth-order valence-corrected chi connectivity index (χ4v) is 5.61. The summed E-state index contributed by atoms with van der Waals surface area (Å²) in [5.74, 6) is -1.15. The molecule has 0 unspecified atom stereocenters. The molecule has 0 bridgehead atoms. The standard InChI is InChI=1S/C21H22ClF3N2O3S/c1-2-11-31(29,30)27-12-16(14-7-4-3-5-8-14)18(13-27)26-20(28)15-9-6-10-17(19(15)22)21(23,24)25/h3-10,16,18H,2,11-13H2,1H3,(H,26,28)/t16-,18+/m0/s1. The Morgan fingerprint density at radius 3 is 2.42 bits per heavy atom. The molecular formula is C21H22ClF3N2O3S. The third-order valence-electron chi connectivity index (χ3n) is 5.23. The van der Waals surface area contributed by atoms with Crippen LogP contribution in [0.15, 0.2) is 48.5 Å². The maximum Gasteiger partial charge on any atom is 0.417 e. The van der Waals surface area contributed by atoms with Crippen LogP contribution in [0.5, 0.6) is 0 Å². The van der Waals surface area contributed by atoms with Gasteiger partial charge in [-0.3, -0.25) is 4.79 Å². The van der Waals surface area contributed by atoms with Crippen molar-refractivity contribution in [2.45, 2.75) is 31.5 Å². The first-order valence-corrected chi connectivity index (χ1v) is 11.7. The zero-order valence-corrected chi connectivity index (χ0v) is 18.3. The number of benzene rings is 2. The molecule has 0 aliphatic carbocycles. The first-order chi connectivity index (χ1) is 14.5. The van der Waals surface area contributed by atoms with Crippen LogP contribution in [-0.4, -0.2) is 43.5 Å². The highest BCUT2D eigenvalue weighted by Gasteiger charge is 2.40. The number of carbonyl (C=O) groups is 1. The van der Waals surface area contributed by atoms with Crippen LogP contribution in [0.25, 0.3) is 0 Å². The van der Waals surface area contributed by atoms with E-state index in [0.717, 1.165) is 17.7 Å². The Kier molecular flexibility index (Phi) is 6.98. The molecule has 0 spiro atoms. The summed E-state index contributed by atoms with van der Waals surface area (Å²) in [7, 11) is -3.51. The Bertz CT molecular complexity index is 1050. The van der Waals surface area contributed by atoms with Crippen LogP contribution < -0.4 is 5.32 Å². The van der Waals surface area contributed by atoms with Crippen LogP contribution >= 0.6 is 11.6 Å². The lowest BCUT2D eigenvalue weighted by Crippen LogP contribution is -2.41. The quantitative estimate of drug-likeness (QED) is 0.679. The summed E-state index contributed by atoms with van der Waals surface area (Å²) in [6.07, 6.45) is -4.25. The number of rotatable bonds is 6. The van der Waals surface area contributed by atoms with E-state index in [1.165, 1.54) is 10.4 Å². The topological polar surface area (TPSA) is 66.5 Å². The lowest BCUT2D eigenvalue weighted by Gasteiger charge is -2.21.